The summed E-state index contributed by atoms with van der Waals surface area (Å²) in [7, 11) is 0. The first-order valence-corrected chi connectivity index (χ1v) is 12.3. The topological polar surface area (TPSA) is 96.2 Å². The maximum atomic E-state index is 14.7. The summed E-state index contributed by atoms with van der Waals surface area (Å²) in [5, 5.41) is 19.5. The molecule has 32 heavy (non-hydrogen) atoms. The molecule has 0 saturated carbocycles. The van der Waals surface area contributed by atoms with Crippen molar-refractivity contribution in [2.45, 2.75) is 52.6 Å². The number of halogens is 1. The fourth-order valence-electron chi connectivity index (χ4n) is 3.93. The molecular formula is C23H33FN4O3S. The number of amides is 2. The Balaban J connectivity index is 1.87. The number of rotatable bonds is 8. The second kappa shape index (κ2) is 10.7. The van der Waals surface area contributed by atoms with E-state index in [4.69, 9.17) is 5.11 Å². The molecule has 1 aromatic carbocycles. The summed E-state index contributed by atoms with van der Waals surface area (Å²) in [6.45, 7) is 6.44. The smallest absolute Gasteiger partial charge is 0.273 e. The van der Waals surface area contributed by atoms with Gasteiger partial charge in [0.05, 0.1) is 0 Å². The van der Waals surface area contributed by atoms with Gasteiger partial charge in [0.2, 0.25) is 5.91 Å². The molecule has 1 aliphatic heterocycles. The van der Waals surface area contributed by atoms with Gasteiger partial charge in [0, 0.05) is 25.1 Å². The highest BCUT2D eigenvalue weighted by Gasteiger charge is 2.34. The van der Waals surface area contributed by atoms with Crippen molar-refractivity contribution in [3.8, 4) is 0 Å². The van der Waals surface area contributed by atoms with Gasteiger partial charge >= 0.3 is 0 Å². The average Bonchev–Trinajstić information content (AvgIpc) is 3.11. The number of carbonyl (C=O) groups is 2. The monoisotopic (exact) mass is 464 g/mol. The molecule has 7 nitrogen and oxygen atoms in total. The van der Waals surface area contributed by atoms with Crippen LogP contribution in [-0.2, 0) is 11.3 Å². The third-order valence-corrected chi connectivity index (χ3v) is 6.79. The summed E-state index contributed by atoms with van der Waals surface area (Å²) in [6.07, 6.45) is 2.52. The van der Waals surface area contributed by atoms with Crippen molar-refractivity contribution < 1.29 is 19.1 Å². The minimum absolute atomic E-state index is 0.0263. The largest absolute Gasteiger partial charge is 0.396 e. The number of benzene rings is 1. The van der Waals surface area contributed by atoms with Crippen LogP contribution in [-0.4, -0.2) is 57.4 Å². The lowest BCUT2D eigenvalue weighted by molar-refractivity contribution is -0.125. The minimum Gasteiger partial charge on any atom is -0.396 e. The number of aliphatic hydroxyl groups excluding tert-OH is 1. The maximum absolute atomic E-state index is 14.7. The van der Waals surface area contributed by atoms with Crippen molar-refractivity contribution >= 4 is 34.5 Å². The van der Waals surface area contributed by atoms with E-state index in [2.05, 4.69) is 15.7 Å². The van der Waals surface area contributed by atoms with E-state index in [9.17, 15) is 14.0 Å². The van der Waals surface area contributed by atoms with Gasteiger partial charge in [-0.05, 0) is 48.2 Å². The number of aliphatic hydroxyl groups is 1. The molecular weight excluding hydrogens is 431 g/mol. The highest BCUT2D eigenvalue weighted by Crippen LogP contribution is 2.28. The van der Waals surface area contributed by atoms with E-state index in [-0.39, 0.29) is 18.2 Å². The predicted octanol–water partition coefficient (Wildman–Crippen LogP) is 2.96. The summed E-state index contributed by atoms with van der Waals surface area (Å²) in [5.41, 5.74) is -0.0971. The van der Waals surface area contributed by atoms with Gasteiger partial charge in [-0.1, -0.05) is 32.9 Å². The van der Waals surface area contributed by atoms with Gasteiger partial charge < -0.3 is 15.7 Å². The molecule has 1 fully saturated rings. The van der Waals surface area contributed by atoms with Crippen LogP contribution >= 0.6 is 11.8 Å². The molecule has 9 heteroatoms. The van der Waals surface area contributed by atoms with Gasteiger partial charge in [-0.2, -0.15) is 16.9 Å². The van der Waals surface area contributed by atoms with Crippen molar-refractivity contribution in [2.75, 3.05) is 24.7 Å². The number of nitrogens with one attached hydrogen (secondary N) is 2. The molecule has 1 atom stereocenters. The average molecular weight is 465 g/mol. The van der Waals surface area contributed by atoms with Crippen LogP contribution in [0.5, 0.6) is 0 Å². The van der Waals surface area contributed by atoms with Gasteiger partial charge in [-0.15, -0.1) is 0 Å². The molecule has 0 bridgehead atoms. The van der Waals surface area contributed by atoms with Gasteiger partial charge in [0.25, 0.3) is 5.91 Å². The lowest BCUT2D eigenvalue weighted by atomic mass is 9.86. The number of hydrogen-bond acceptors (Lipinski definition) is 5. The quantitative estimate of drug-likeness (QED) is 0.522. The van der Waals surface area contributed by atoms with Crippen molar-refractivity contribution in [1.29, 1.82) is 0 Å². The molecule has 0 spiro atoms. The summed E-state index contributed by atoms with van der Waals surface area (Å²) in [6, 6.07) is 3.84. The van der Waals surface area contributed by atoms with Crippen molar-refractivity contribution in [3.63, 3.8) is 0 Å². The van der Waals surface area contributed by atoms with Crippen LogP contribution in [0, 0.1) is 17.2 Å². The molecule has 1 aliphatic rings. The van der Waals surface area contributed by atoms with Crippen LogP contribution in [0.3, 0.4) is 0 Å². The number of hydrogen-bond donors (Lipinski definition) is 3. The fraction of sp³-hybridized carbons (Fsp3) is 0.609. The zero-order chi connectivity index (χ0) is 23.3. The lowest BCUT2D eigenvalue weighted by Crippen LogP contribution is -2.53. The summed E-state index contributed by atoms with van der Waals surface area (Å²) in [5.74, 6) is 1.32. The number of carbonyl (C=O) groups excluding carboxylic acids is 2. The van der Waals surface area contributed by atoms with E-state index < -0.39 is 23.2 Å². The third kappa shape index (κ3) is 5.81. The van der Waals surface area contributed by atoms with Crippen molar-refractivity contribution in [3.05, 3.63) is 29.7 Å². The maximum Gasteiger partial charge on any atom is 0.273 e. The first-order chi connectivity index (χ1) is 15.2. The Morgan fingerprint density at radius 3 is 2.69 bits per heavy atom. The van der Waals surface area contributed by atoms with E-state index in [1.807, 2.05) is 32.5 Å². The third-order valence-electron chi connectivity index (χ3n) is 5.75. The van der Waals surface area contributed by atoms with Gasteiger partial charge in [-0.3, -0.25) is 14.3 Å². The summed E-state index contributed by atoms with van der Waals surface area (Å²) < 4.78 is 16.4. The Hall–Kier alpha value is -2.13. The molecule has 1 saturated heterocycles. The molecule has 2 heterocycles. The van der Waals surface area contributed by atoms with E-state index >= 15 is 0 Å². The van der Waals surface area contributed by atoms with Crippen LogP contribution in [0.25, 0.3) is 10.9 Å². The first-order valence-electron chi connectivity index (χ1n) is 11.1. The van der Waals surface area contributed by atoms with E-state index in [1.54, 1.807) is 16.8 Å². The van der Waals surface area contributed by atoms with E-state index in [0.29, 0.717) is 36.3 Å². The van der Waals surface area contributed by atoms with Crippen LogP contribution < -0.4 is 10.6 Å². The normalized spacial score (nSPS) is 16.2. The number of thioether (sulfide) groups is 1. The molecule has 3 rings (SSSR count). The van der Waals surface area contributed by atoms with Crippen LogP contribution in [0.15, 0.2) is 18.2 Å². The molecule has 1 aromatic heterocycles. The molecule has 2 aromatic rings. The van der Waals surface area contributed by atoms with Crippen molar-refractivity contribution in [2.24, 2.45) is 11.3 Å². The van der Waals surface area contributed by atoms with Crippen LogP contribution in [0.4, 0.5) is 4.39 Å². The van der Waals surface area contributed by atoms with Gasteiger partial charge in [0.15, 0.2) is 5.69 Å². The standard InChI is InChI=1S/C23H33FN4O3S/c1-23(2,3)20(22(31)25-10-5-11-29)26-21(30)18-16-6-4-7-17(24)19(16)28(27-18)14-15-8-12-32-13-9-15/h4,6-7,15,20,29H,5,8-14H2,1-3H3,(H,25,31)(H,26,30). The van der Waals surface area contributed by atoms with Crippen molar-refractivity contribution in [1.82, 2.24) is 20.4 Å². The highest BCUT2D eigenvalue weighted by molar-refractivity contribution is 7.99. The molecule has 3 N–H and O–H groups in total. The Kier molecular flexibility index (Phi) is 8.16. The van der Waals surface area contributed by atoms with E-state index in [0.717, 1.165) is 24.3 Å². The number of fused-ring (bicyclic) bond motifs is 1. The molecule has 176 valence electrons. The van der Waals surface area contributed by atoms with Gasteiger partial charge in [0.1, 0.15) is 17.4 Å². The molecule has 2 amide bonds. The Morgan fingerprint density at radius 1 is 1.31 bits per heavy atom. The SMILES string of the molecule is CC(C)(C)C(NC(=O)c1nn(CC2CCSCC2)c2c(F)cccc12)C(=O)NCCCO. The first kappa shape index (κ1) is 24.5. The lowest BCUT2D eigenvalue weighted by Gasteiger charge is -2.30. The Morgan fingerprint density at radius 2 is 2.03 bits per heavy atom. The number of nitrogens with zero attached hydrogens (tertiary/aromatic N) is 2. The highest BCUT2D eigenvalue weighted by atomic mass is 32.2. The second-order valence-electron chi connectivity index (χ2n) is 9.36. The zero-order valence-corrected chi connectivity index (χ0v) is 19.8. The predicted molar refractivity (Wildman–Crippen MR) is 125 cm³/mol. The second-order valence-corrected chi connectivity index (χ2v) is 10.6. The Bertz CT molecular complexity index is 951. The number of para-hydroxylation sites is 1. The Labute approximate surface area is 192 Å². The van der Waals surface area contributed by atoms with Crippen LogP contribution in [0.2, 0.25) is 0 Å². The molecule has 1 unspecified atom stereocenters. The number of aromatic nitrogens is 2. The van der Waals surface area contributed by atoms with E-state index in [1.165, 1.54) is 6.07 Å². The van der Waals surface area contributed by atoms with Gasteiger partial charge in [-0.25, -0.2) is 4.39 Å². The van der Waals surface area contributed by atoms with Crippen LogP contribution in [0.1, 0.15) is 50.5 Å². The minimum atomic E-state index is -0.808. The summed E-state index contributed by atoms with van der Waals surface area (Å²) >= 11 is 1.93. The zero-order valence-electron chi connectivity index (χ0n) is 19.0. The summed E-state index contributed by atoms with van der Waals surface area (Å²) in [4.78, 5) is 26.0. The fourth-order valence-corrected chi connectivity index (χ4v) is 5.14. The molecule has 0 aliphatic carbocycles. The molecule has 0 radical (unpaired) electrons.